The van der Waals surface area contributed by atoms with Gasteiger partial charge >= 0.3 is 0 Å². The molecule has 4 aromatic rings. The minimum atomic E-state index is -4.61. The monoisotopic (exact) mass is 647 g/mol. The molecule has 6 rings (SSSR count). The lowest BCUT2D eigenvalue weighted by Gasteiger charge is -2.38. The second kappa shape index (κ2) is 12.6. The van der Waals surface area contributed by atoms with Crippen molar-refractivity contribution in [3.63, 3.8) is 0 Å². The van der Waals surface area contributed by atoms with Crippen molar-refractivity contribution in [2.45, 2.75) is 17.2 Å². The van der Waals surface area contributed by atoms with Crippen LogP contribution >= 0.6 is 0 Å². The standard InChI is InChI=1S/C34H29N7O5S/c1-2-46-31-6-4-3-5-28(31)34(32(42)38-40-19-17-39(18-20-40)26-13-15-37-16-14-26)29-21-25(23-36)9-12-30(29)41(33(34)43)47(44,45)27-10-7-24(22-35)8-11-27/h3-16,21H,2,17-20H2,1H3,(H,38,42). The minimum Gasteiger partial charge on any atom is -0.494 e. The fraction of sp³-hybridized carbons (Fsp3) is 0.206. The summed E-state index contributed by atoms with van der Waals surface area (Å²) in [6, 6.07) is 23.6. The Morgan fingerprint density at radius 2 is 1.57 bits per heavy atom. The molecule has 0 aliphatic carbocycles. The number of amides is 2. The molecule has 3 heterocycles. The van der Waals surface area contributed by atoms with E-state index in [9.17, 15) is 28.5 Å². The molecule has 0 bridgehead atoms. The van der Waals surface area contributed by atoms with Gasteiger partial charge in [0.05, 0.1) is 40.5 Å². The fourth-order valence-electron chi connectivity index (χ4n) is 6.02. The third kappa shape index (κ3) is 5.31. The zero-order chi connectivity index (χ0) is 33.2. The number of fused-ring (bicyclic) bond motifs is 1. The summed E-state index contributed by atoms with van der Waals surface area (Å²) >= 11 is 0. The van der Waals surface area contributed by atoms with Gasteiger partial charge in [0.15, 0.2) is 5.41 Å². The van der Waals surface area contributed by atoms with Crippen LogP contribution in [0.3, 0.4) is 0 Å². The van der Waals surface area contributed by atoms with Crippen LogP contribution < -0.4 is 19.4 Å². The van der Waals surface area contributed by atoms with Crippen molar-refractivity contribution in [2.24, 2.45) is 0 Å². The molecule has 1 aromatic heterocycles. The van der Waals surface area contributed by atoms with Crippen LogP contribution in [0, 0.1) is 22.7 Å². The van der Waals surface area contributed by atoms with Crippen molar-refractivity contribution in [1.82, 2.24) is 15.4 Å². The van der Waals surface area contributed by atoms with E-state index < -0.39 is 27.3 Å². The van der Waals surface area contributed by atoms with Gasteiger partial charge in [0.1, 0.15) is 5.75 Å². The van der Waals surface area contributed by atoms with Crippen LogP contribution in [0.1, 0.15) is 29.2 Å². The van der Waals surface area contributed by atoms with Crippen molar-refractivity contribution >= 4 is 33.2 Å². The third-order valence-corrected chi connectivity index (χ3v) is 9.99. The normalized spacial score (nSPS) is 17.8. The molecule has 13 heteroatoms. The van der Waals surface area contributed by atoms with E-state index in [1.165, 1.54) is 42.5 Å². The maximum absolute atomic E-state index is 15.0. The van der Waals surface area contributed by atoms with Crippen LogP contribution in [0.5, 0.6) is 5.75 Å². The summed E-state index contributed by atoms with van der Waals surface area (Å²) in [5, 5.41) is 20.8. The molecule has 0 radical (unpaired) electrons. The van der Waals surface area contributed by atoms with E-state index in [4.69, 9.17) is 4.74 Å². The summed E-state index contributed by atoms with van der Waals surface area (Å²) in [7, 11) is -4.61. The van der Waals surface area contributed by atoms with E-state index in [1.54, 1.807) is 48.6 Å². The number of hydrazine groups is 1. The molecule has 1 unspecified atom stereocenters. The number of pyridine rings is 1. The summed E-state index contributed by atoms with van der Waals surface area (Å²) in [5.74, 6) is -1.63. The molecule has 2 amide bonds. The first-order valence-corrected chi connectivity index (χ1v) is 16.3. The lowest BCUT2D eigenvalue weighted by Crippen LogP contribution is -2.60. The molecule has 0 spiro atoms. The van der Waals surface area contributed by atoms with E-state index in [0.29, 0.717) is 30.5 Å². The molecular weight excluding hydrogens is 618 g/mol. The molecular formula is C34H29N7O5S. The van der Waals surface area contributed by atoms with Crippen molar-refractivity contribution in [2.75, 3.05) is 42.0 Å². The summed E-state index contributed by atoms with van der Waals surface area (Å²) < 4.78 is 35.0. The number of para-hydroxylation sites is 1. The first-order valence-electron chi connectivity index (χ1n) is 14.8. The molecule has 0 saturated carbocycles. The zero-order valence-corrected chi connectivity index (χ0v) is 26.1. The van der Waals surface area contributed by atoms with Crippen LogP contribution in [0.25, 0.3) is 0 Å². The van der Waals surface area contributed by atoms with Gasteiger partial charge in [-0.3, -0.25) is 20.0 Å². The predicted molar refractivity (Wildman–Crippen MR) is 172 cm³/mol. The van der Waals surface area contributed by atoms with E-state index in [0.717, 1.165) is 5.69 Å². The largest absolute Gasteiger partial charge is 0.494 e. The lowest BCUT2D eigenvalue weighted by atomic mass is 9.73. The van der Waals surface area contributed by atoms with Crippen LogP contribution in [0.15, 0.2) is 96.2 Å². The van der Waals surface area contributed by atoms with Crippen molar-refractivity contribution in [3.8, 4) is 17.9 Å². The summed E-state index contributed by atoms with van der Waals surface area (Å²) in [6.45, 7) is 3.90. The Balaban J connectivity index is 1.48. The van der Waals surface area contributed by atoms with Crippen molar-refractivity contribution in [1.29, 1.82) is 10.5 Å². The first-order chi connectivity index (χ1) is 22.7. The number of benzene rings is 3. The van der Waals surface area contributed by atoms with Gasteiger partial charge in [0.2, 0.25) is 0 Å². The number of anilines is 2. The first kappa shape index (κ1) is 31.2. The van der Waals surface area contributed by atoms with E-state index in [-0.39, 0.29) is 45.2 Å². The van der Waals surface area contributed by atoms with Gasteiger partial charge < -0.3 is 9.64 Å². The number of hydrogen-bond donors (Lipinski definition) is 1. The summed E-state index contributed by atoms with van der Waals surface area (Å²) in [5.41, 5.74) is 2.11. The molecule has 1 atom stereocenters. The predicted octanol–water partition coefficient (Wildman–Crippen LogP) is 3.10. The second-order valence-electron chi connectivity index (χ2n) is 10.9. The maximum Gasteiger partial charge on any atom is 0.270 e. The van der Waals surface area contributed by atoms with Gasteiger partial charge in [-0.15, -0.1) is 0 Å². The molecule has 1 fully saturated rings. The van der Waals surface area contributed by atoms with E-state index in [2.05, 4.69) is 15.3 Å². The number of ether oxygens (including phenoxy) is 1. The topological polar surface area (TPSA) is 160 Å². The van der Waals surface area contributed by atoms with Gasteiger partial charge in [-0.1, -0.05) is 18.2 Å². The molecule has 47 heavy (non-hydrogen) atoms. The lowest BCUT2D eigenvalue weighted by molar-refractivity contribution is -0.136. The number of rotatable bonds is 8. The number of nitrogens with zero attached hydrogens (tertiary/aromatic N) is 6. The Hall–Kier alpha value is -5.76. The average molecular weight is 648 g/mol. The Labute approximate surface area is 272 Å². The highest BCUT2D eigenvalue weighted by Gasteiger charge is 2.62. The Kier molecular flexibility index (Phi) is 8.35. The molecule has 2 aliphatic heterocycles. The highest BCUT2D eigenvalue weighted by molar-refractivity contribution is 7.93. The number of aromatic nitrogens is 1. The molecule has 1 saturated heterocycles. The molecule has 1 N–H and O–H groups in total. The van der Waals surface area contributed by atoms with Crippen molar-refractivity contribution in [3.05, 3.63) is 114 Å². The average Bonchev–Trinajstić information content (AvgIpc) is 3.37. The molecule has 236 valence electrons. The van der Waals surface area contributed by atoms with Gasteiger partial charge in [0, 0.05) is 55.4 Å². The number of hydrogen-bond acceptors (Lipinski definition) is 10. The Morgan fingerprint density at radius 3 is 2.23 bits per heavy atom. The van der Waals surface area contributed by atoms with Gasteiger partial charge in [0.25, 0.3) is 21.8 Å². The van der Waals surface area contributed by atoms with Crippen molar-refractivity contribution < 1.29 is 22.7 Å². The van der Waals surface area contributed by atoms with Crippen LogP contribution in [0.2, 0.25) is 0 Å². The summed E-state index contributed by atoms with van der Waals surface area (Å²) in [6.07, 6.45) is 3.42. The van der Waals surface area contributed by atoms with Gasteiger partial charge in [-0.05, 0) is 67.6 Å². The van der Waals surface area contributed by atoms with Crippen LogP contribution in [-0.2, 0) is 25.0 Å². The van der Waals surface area contributed by atoms with Crippen LogP contribution in [0.4, 0.5) is 11.4 Å². The quantitative estimate of drug-likeness (QED) is 0.282. The molecule has 12 nitrogen and oxygen atoms in total. The number of piperazine rings is 1. The Morgan fingerprint density at radius 1 is 0.915 bits per heavy atom. The number of carbonyl (C=O) groups excluding carboxylic acids is 2. The second-order valence-corrected chi connectivity index (χ2v) is 12.6. The zero-order valence-electron chi connectivity index (χ0n) is 25.3. The number of nitriles is 2. The SMILES string of the molecule is CCOc1ccccc1C1(C(=O)NN2CCN(c3ccncc3)CC2)C(=O)N(S(=O)(=O)c2ccc(C#N)cc2)c2ccc(C#N)cc21. The molecule has 3 aromatic carbocycles. The van der Waals surface area contributed by atoms with E-state index >= 15 is 0 Å². The Bertz CT molecular complexity index is 2030. The van der Waals surface area contributed by atoms with Crippen LogP contribution in [-0.4, -0.2) is 63.0 Å². The van der Waals surface area contributed by atoms with Gasteiger partial charge in [-0.2, -0.15) is 10.5 Å². The maximum atomic E-state index is 15.0. The minimum absolute atomic E-state index is 0.0267. The number of sulfonamides is 1. The highest BCUT2D eigenvalue weighted by Crippen LogP contribution is 2.51. The summed E-state index contributed by atoms with van der Waals surface area (Å²) in [4.78, 5) is 35.7. The number of nitrogens with one attached hydrogen (secondary N) is 1. The smallest absolute Gasteiger partial charge is 0.270 e. The third-order valence-electron chi connectivity index (χ3n) is 8.27. The fourth-order valence-corrected chi connectivity index (χ4v) is 7.49. The molecule has 2 aliphatic rings. The van der Waals surface area contributed by atoms with Gasteiger partial charge in [-0.25, -0.2) is 17.7 Å². The highest BCUT2D eigenvalue weighted by atomic mass is 32.2. The van der Waals surface area contributed by atoms with E-state index in [1.807, 2.05) is 24.3 Å². The number of carbonyl (C=O) groups is 2.